The molecule has 14 heavy (non-hydrogen) atoms. The number of fused-ring (bicyclic) bond motifs is 1. The van der Waals surface area contributed by atoms with Gasteiger partial charge in [-0.05, 0) is 45.8 Å². The topological polar surface area (TPSA) is 32.8 Å². The lowest BCUT2D eigenvalue weighted by Gasteiger charge is -2.26. The summed E-state index contributed by atoms with van der Waals surface area (Å²) in [5.41, 5.74) is 1.31. The molecule has 0 saturated heterocycles. The third kappa shape index (κ3) is 1.47. The highest BCUT2D eigenvalue weighted by Gasteiger charge is 2.23. The molecular formula is C10H17N3S. The van der Waals surface area contributed by atoms with Crippen LogP contribution in [0.4, 0.5) is 5.82 Å². The maximum absolute atomic E-state index is 5.34. The van der Waals surface area contributed by atoms with Gasteiger partial charge in [-0.2, -0.15) is 0 Å². The zero-order valence-electron chi connectivity index (χ0n) is 8.98. The number of aromatic amines is 1. The fourth-order valence-corrected chi connectivity index (χ4v) is 2.45. The number of aryl methyl sites for hydroxylation is 1. The first-order valence-corrected chi connectivity index (χ1v) is 5.49. The third-order valence-electron chi connectivity index (χ3n) is 2.54. The molecule has 1 aromatic heterocycles. The van der Waals surface area contributed by atoms with Gasteiger partial charge in [0.1, 0.15) is 5.82 Å². The zero-order chi connectivity index (χ0) is 10.3. The van der Waals surface area contributed by atoms with Crippen molar-refractivity contribution in [1.29, 1.82) is 0 Å². The molecule has 0 spiro atoms. The predicted molar refractivity (Wildman–Crippen MR) is 61.4 cm³/mol. The van der Waals surface area contributed by atoms with E-state index in [0.717, 1.165) is 17.7 Å². The summed E-state index contributed by atoms with van der Waals surface area (Å²) < 4.78 is 3.01. The van der Waals surface area contributed by atoms with E-state index in [-0.39, 0.29) is 5.54 Å². The lowest BCUT2D eigenvalue weighted by molar-refractivity contribution is 0.395. The molecule has 3 nitrogen and oxygen atoms in total. The summed E-state index contributed by atoms with van der Waals surface area (Å²) in [6.07, 6.45) is 2.29. The van der Waals surface area contributed by atoms with Crippen LogP contribution in [0.2, 0.25) is 0 Å². The fourth-order valence-electron chi connectivity index (χ4n) is 1.96. The van der Waals surface area contributed by atoms with E-state index in [4.69, 9.17) is 12.2 Å². The zero-order valence-corrected chi connectivity index (χ0v) is 9.79. The summed E-state index contributed by atoms with van der Waals surface area (Å²) in [7, 11) is 0. The number of H-pyrrole nitrogens is 1. The molecule has 1 aromatic rings. The number of imidazole rings is 1. The van der Waals surface area contributed by atoms with Crippen LogP contribution in [-0.4, -0.2) is 16.1 Å². The Morgan fingerprint density at radius 2 is 2.07 bits per heavy atom. The van der Waals surface area contributed by atoms with Crippen molar-refractivity contribution in [2.45, 2.75) is 39.2 Å². The molecule has 78 valence electrons. The van der Waals surface area contributed by atoms with Crippen LogP contribution in [0, 0.1) is 4.77 Å². The van der Waals surface area contributed by atoms with Crippen LogP contribution in [0.5, 0.6) is 0 Å². The maximum Gasteiger partial charge on any atom is 0.179 e. The monoisotopic (exact) mass is 211 g/mol. The molecule has 4 heteroatoms. The lowest BCUT2D eigenvalue weighted by Crippen LogP contribution is -2.25. The second-order valence-electron chi connectivity index (χ2n) is 4.79. The molecule has 2 N–H and O–H groups in total. The number of nitrogens with one attached hydrogen (secondary N) is 2. The first kappa shape index (κ1) is 9.77. The molecule has 0 bridgehead atoms. The van der Waals surface area contributed by atoms with Gasteiger partial charge in [-0.25, -0.2) is 0 Å². The van der Waals surface area contributed by atoms with E-state index in [9.17, 15) is 0 Å². The predicted octanol–water partition coefficient (Wildman–Crippen LogP) is 2.66. The quantitative estimate of drug-likeness (QED) is 0.647. The van der Waals surface area contributed by atoms with Crippen molar-refractivity contribution in [2.24, 2.45) is 0 Å². The van der Waals surface area contributed by atoms with Crippen molar-refractivity contribution in [2.75, 3.05) is 11.9 Å². The minimum absolute atomic E-state index is 0.0471. The van der Waals surface area contributed by atoms with E-state index >= 15 is 0 Å². The summed E-state index contributed by atoms with van der Waals surface area (Å²) in [6, 6.07) is 0. The van der Waals surface area contributed by atoms with Crippen molar-refractivity contribution in [1.82, 2.24) is 9.55 Å². The van der Waals surface area contributed by atoms with E-state index in [1.165, 1.54) is 17.9 Å². The van der Waals surface area contributed by atoms with Gasteiger partial charge in [0.15, 0.2) is 4.77 Å². The Hall–Kier alpha value is -0.770. The minimum Gasteiger partial charge on any atom is -0.370 e. The summed E-state index contributed by atoms with van der Waals surface area (Å²) in [5, 5.41) is 3.42. The summed E-state index contributed by atoms with van der Waals surface area (Å²) in [4.78, 5) is 3.29. The van der Waals surface area contributed by atoms with Crippen LogP contribution in [0.15, 0.2) is 0 Å². The van der Waals surface area contributed by atoms with Gasteiger partial charge < -0.3 is 10.3 Å². The fraction of sp³-hybridized carbons (Fsp3) is 0.700. The van der Waals surface area contributed by atoms with E-state index < -0.39 is 0 Å². The molecule has 1 aliphatic heterocycles. The first-order valence-electron chi connectivity index (χ1n) is 5.08. The highest BCUT2D eigenvalue weighted by atomic mass is 32.1. The Morgan fingerprint density at radius 1 is 1.36 bits per heavy atom. The summed E-state index contributed by atoms with van der Waals surface area (Å²) in [6.45, 7) is 7.57. The Kier molecular flexibility index (Phi) is 2.18. The second-order valence-corrected chi connectivity index (χ2v) is 5.18. The molecule has 0 aromatic carbocycles. The van der Waals surface area contributed by atoms with E-state index in [1.807, 2.05) is 0 Å². The van der Waals surface area contributed by atoms with Gasteiger partial charge in [0.25, 0.3) is 0 Å². The van der Waals surface area contributed by atoms with Crippen LogP contribution in [0.3, 0.4) is 0 Å². The van der Waals surface area contributed by atoms with Gasteiger partial charge in [0.05, 0.1) is 5.69 Å². The molecule has 0 aliphatic carbocycles. The van der Waals surface area contributed by atoms with Crippen LogP contribution in [0.1, 0.15) is 32.9 Å². The van der Waals surface area contributed by atoms with Gasteiger partial charge in [0, 0.05) is 12.1 Å². The van der Waals surface area contributed by atoms with Crippen LogP contribution >= 0.6 is 12.2 Å². The number of anilines is 1. The molecule has 0 saturated carbocycles. The Bertz CT molecular complexity index is 394. The van der Waals surface area contributed by atoms with E-state index in [1.54, 1.807) is 0 Å². The van der Waals surface area contributed by atoms with Crippen LogP contribution in [0.25, 0.3) is 0 Å². The average molecular weight is 211 g/mol. The SMILES string of the molecule is CC(C)(C)n1c2c([nH]c1=S)CCCN2. The highest BCUT2D eigenvalue weighted by molar-refractivity contribution is 7.71. The van der Waals surface area contributed by atoms with Crippen molar-refractivity contribution < 1.29 is 0 Å². The largest absolute Gasteiger partial charge is 0.370 e. The number of aromatic nitrogens is 2. The standard InChI is InChI=1S/C10H17N3S/c1-10(2,3)13-8-7(12-9(13)14)5-4-6-11-8/h11H,4-6H2,1-3H3,(H,12,14). The number of rotatable bonds is 0. The molecular weight excluding hydrogens is 194 g/mol. The van der Waals surface area contributed by atoms with Crippen molar-refractivity contribution in [3.8, 4) is 0 Å². The van der Waals surface area contributed by atoms with Gasteiger partial charge in [0.2, 0.25) is 0 Å². The van der Waals surface area contributed by atoms with E-state index in [2.05, 4.69) is 35.6 Å². The van der Waals surface area contributed by atoms with Crippen molar-refractivity contribution in [3.63, 3.8) is 0 Å². The van der Waals surface area contributed by atoms with Gasteiger partial charge in [-0.1, -0.05) is 0 Å². The second kappa shape index (κ2) is 3.12. The van der Waals surface area contributed by atoms with Crippen molar-refractivity contribution in [3.05, 3.63) is 10.5 Å². The summed E-state index contributed by atoms with van der Waals surface area (Å²) >= 11 is 5.34. The van der Waals surface area contributed by atoms with Gasteiger partial charge in [-0.3, -0.25) is 4.57 Å². The van der Waals surface area contributed by atoms with Crippen molar-refractivity contribution >= 4 is 18.0 Å². The average Bonchev–Trinajstić information content (AvgIpc) is 2.38. The molecule has 0 radical (unpaired) electrons. The summed E-state index contributed by atoms with van der Waals surface area (Å²) in [5.74, 6) is 1.19. The number of hydrogen-bond acceptors (Lipinski definition) is 2. The lowest BCUT2D eigenvalue weighted by atomic mass is 10.1. The molecule has 0 amide bonds. The first-order chi connectivity index (χ1) is 6.50. The van der Waals surface area contributed by atoms with E-state index in [0.29, 0.717) is 0 Å². The number of nitrogens with zero attached hydrogens (tertiary/aromatic N) is 1. The van der Waals surface area contributed by atoms with Crippen LogP contribution < -0.4 is 5.32 Å². The Morgan fingerprint density at radius 3 is 2.71 bits per heavy atom. The number of hydrogen-bond donors (Lipinski definition) is 2. The Balaban J connectivity index is 2.59. The minimum atomic E-state index is 0.0471. The molecule has 2 heterocycles. The van der Waals surface area contributed by atoms with Crippen LogP contribution in [-0.2, 0) is 12.0 Å². The molecule has 1 aliphatic rings. The van der Waals surface area contributed by atoms with Gasteiger partial charge in [-0.15, -0.1) is 0 Å². The smallest absolute Gasteiger partial charge is 0.179 e. The molecule has 0 unspecified atom stereocenters. The normalized spacial score (nSPS) is 16.2. The third-order valence-corrected chi connectivity index (χ3v) is 2.82. The molecule has 0 atom stereocenters. The highest BCUT2D eigenvalue weighted by Crippen LogP contribution is 2.27. The molecule has 0 fully saturated rings. The maximum atomic E-state index is 5.34. The van der Waals surface area contributed by atoms with Gasteiger partial charge >= 0.3 is 0 Å². The molecule has 2 rings (SSSR count). The Labute approximate surface area is 89.5 Å².